The standard InChI is InChI=1S/C8H14F2/c1-3-7(2)4-5-8(9,10)6-7/h3-6H2,1-2H3. The van der Waals surface area contributed by atoms with Crippen molar-refractivity contribution in [3.05, 3.63) is 0 Å². The van der Waals surface area contributed by atoms with Gasteiger partial charge in [-0.3, -0.25) is 0 Å². The molecule has 1 aliphatic carbocycles. The Labute approximate surface area is 60.6 Å². The van der Waals surface area contributed by atoms with Crippen molar-refractivity contribution in [1.29, 1.82) is 0 Å². The molecule has 0 amide bonds. The molecule has 0 N–H and O–H groups in total. The fourth-order valence-electron chi connectivity index (χ4n) is 1.59. The van der Waals surface area contributed by atoms with Crippen LogP contribution < -0.4 is 0 Å². The molecule has 0 aromatic heterocycles. The monoisotopic (exact) mass is 148 g/mol. The smallest absolute Gasteiger partial charge is 0.207 e. The summed E-state index contributed by atoms with van der Waals surface area (Å²) in [5, 5.41) is 0. The van der Waals surface area contributed by atoms with Gasteiger partial charge in [-0.2, -0.15) is 0 Å². The van der Waals surface area contributed by atoms with E-state index in [2.05, 4.69) is 0 Å². The van der Waals surface area contributed by atoms with Crippen LogP contribution in [0.25, 0.3) is 0 Å². The molecule has 2 heteroatoms. The van der Waals surface area contributed by atoms with E-state index in [1.54, 1.807) is 0 Å². The summed E-state index contributed by atoms with van der Waals surface area (Å²) < 4.78 is 25.3. The normalized spacial score (nSPS) is 38.4. The van der Waals surface area contributed by atoms with Crippen molar-refractivity contribution in [2.75, 3.05) is 0 Å². The van der Waals surface area contributed by atoms with Crippen molar-refractivity contribution in [3.8, 4) is 0 Å². The van der Waals surface area contributed by atoms with Crippen molar-refractivity contribution < 1.29 is 8.78 Å². The van der Waals surface area contributed by atoms with Crippen molar-refractivity contribution in [3.63, 3.8) is 0 Å². The summed E-state index contributed by atoms with van der Waals surface area (Å²) in [5.41, 5.74) is -0.0799. The molecular formula is C8H14F2. The number of halogens is 2. The lowest BCUT2D eigenvalue weighted by Crippen LogP contribution is -2.15. The summed E-state index contributed by atoms with van der Waals surface area (Å²) in [4.78, 5) is 0. The summed E-state index contributed by atoms with van der Waals surface area (Å²) in [6, 6.07) is 0. The second-order valence-electron chi connectivity index (χ2n) is 3.70. The highest BCUT2D eigenvalue weighted by Crippen LogP contribution is 2.48. The summed E-state index contributed by atoms with van der Waals surface area (Å²) in [6.07, 6.45) is 1.76. The molecule has 0 saturated heterocycles. The highest BCUT2D eigenvalue weighted by Gasteiger charge is 2.45. The first kappa shape index (κ1) is 7.96. The molecule has 1 fully saturated rings. The van der Waals surface area contributed by atoms with Crippen LogP contribution >= 0.6 is 0 Å². The maximum absolute atomic E-state index is 12.6. The lowest BCUT2D eigenvalue weighted by atomic mass is 9.86. The van der Waals surface area contributed by atoms with Crippen LogP contribution in [0, 0.1) is 5.41 Å². The lowest BCUT2D eigenvalue weighted by Gasteiger charge is -2.20. The molecule has 60 valence electrons. The van der Waals surface area contributed by atoms with E-state index >= 15 is 0 Å². The van der Waals surface area contributed by atoms with Crippen molar-refractivity contribution in [2.24, 2.45) is 5.41 Å². The van der Waals surface area contributed by atoms with E-state index in [4.69, 9.17) is 0 Å². The Bertz CT molecular complexity index is 131. The van der Waals surface area contributed by atoms with Crippen LogP contribution in [-0.2, 0) is 0 Å². The molecule has 1 aliphatic rings. The molecule has 0 spiro atoms. The third kappa shape index (κ3) is 1.47. The van der Waals surface area contributed by atoms with Gasteiger partial charge in [0.1, 0.15) is 0 Å². The first-order chi connectivity index (χ1) is 4.47. The van der Waals surface area contributed by atoms with Gasteiger partial charge in [0.05, 0.1) is 0 Å². The van der Waals surface area contributed by atoms with E-state index in [0.717, 1.165) is 6.42 Å². The number of rotatable bonds is 1. The van der Waals surface area contributed by atoms with Crippen LogP contribution in [0.5, 0.6) is 0 Å². The summed E-state index contributed by atoms with van der Waals surface area (Å²) in [7, 11) is 0. The van der Waals surface area contributed by atoms with Gasteiger partial charge in [0, 0.05) is 12.8 Å². The number of hydrogen-bond acceptors (Lipinski definition) is 0. The summed E-state index contributed by atoms with van der Waals surface area (Å²) in [6.45, 7) is 3.94. The molecule has 0 bridgehead atoms. The Morgan fingerprint density at radius 2 is 1.90 bits per heavy atom. The minimum atomic E-state index is -2.37. The Kier molecular flexibility index (Phi) is 1.73. The van der Waals surface area contributed by atoms with Crippen molar-refractivity contribution in [1.82, 2.24) is 0 Å². The maximum atomic E-state index is 12.6. The fourth-order valence-corrected chi connectivity index (χ4v) is 1.59. The molecule has 0 aromatic carbocycles. The SMILES string of the molecule is CCC1(C)CCC(F)(F)C1. The quantitative estimate of drug-likeness (QED) is 0.535. The first-order valence-electron chi connectivity index (χ1n) is 3.85. The predicted molar refractivity (Wildman–Crippen MR) is 37.2 cm³/mol. The van der Waals surface area contributed by atoms with Gasteiger partial charge in [-0.25, -0.2) is 8.78 Å². The number of hydrogen-bond donors (Lipinski definition) is 0. The molecule has 1 unspecified atom stereocenters. The summed E-state index contributed by atoms with van der Waals surface area (Å²) >= 11 is 0. The zero-order valence-corrected chi connectivity index (χ0v) is 6.58. The van der Waals surface area contributed by atoms with Crippen LogP contribution in [0.3, 0.4) is 0 Å². The topological polar surface area (TPSA) is 0 Å². The van der Waals surface area contributed by atoms with Crippen LogP contribution in [0.15, 0.2) is 0 Å². The Hall–Kier alpha value is -0.140. The van der Waals surface area contributed by atoms with E-state index in [1.165, 1.54) is 0 Å². The second-order valence-corrected chi connectivity index (χ2v) is 3.70. The van der Waals surface area contributed by atoms with Crippen LogP contribution in [0.4, 0.5) is 8.78 Å². The van der Waals surface area contributed by atoms with E-state index in [9.17, 15) is 8.78 Å². The molecule has 0 nitrogen and oxygen atoms in total. The third-order valence-corrected chi connectivity index (χ3v) is 2.63. The molecule has 1 saturated carbocycles. The van der Waals surface area contributed by atoms with Crippen molar-refractivity contribution >= 4 is 0 Å². The van der Waals surface area contributed by atoms with E-state index in [0.29, 0.717) is 6.42 Å². The van der Waals surface area contributed by atoms with Gasteiger partial charge in [0.15, 0.2) is 0 Å². The second kappa shape index (κ2) is 2.18. The van der Waals surface area contributed by atoms with E-state index < -0.39 is 5.92 Å². The van der Waals surface area contributed by atoms with Gasteiger partial charge in [-0.05, 0) is 11.8 Å². The molecule has 1 rings (SSSR count). The molecule has 0 heterocycles. The Balaban J connectivity index is 2.57. The van der Waals surface area contributed by atoms with Gasteiger partial charge in [-0.1, -0.05) is 20.3 Å². The summed E-state index contributed by atoms with van der Waals surface area (Å²) in [5.74, 6) is -2.37. The van der Waals surface area contributed by atoms with Gasteiger partial charge in [-0.15, -0.1) is 0 Å². The minimum Gasteiger partial charge on any atom is -0.207 e. The first-order valence-corrected chi connectivity index (χ1v) is 3.85. The highest BCUT2D eigenvalue weighted by atomic mass is 19.3. The van der Waals surface area contributed by atoms with Gasteiger partial charge in [0.2, 0.25) is 5.92 Å². The predicted octanol–water partition coefficient (Wildman–Crippen LogP) is 3.22. The Morgan fingerprint density at radius 1 is 1.30 bits per heavy atom. The van der Waals surface area contributed by atoms with Crippen LogP contribution in [0.1, 0.15) is 39.5 Å². The van der Waals surface area contributed by atoms with Crippen LogP contribution in [-0.4, -0.2) is 5.92 Å². The zero-order chi connectivity index (χ0) is 7.83. The van der Waals surface area contributed by atoms with E-state index in [1.807, 2.05) is 13.8 Å². The molecule has 0 radical (unpaired) electrons. The fraction of sp³-hybridized carbons (Fsp3) is 1.00. The van der Waals surface area contributed by atoms with Crippen molar-refractivity contribution in [2.45, 2.75) is 45.5 Å². The molecule has 10 heavy (non-hydrogen) atoms. The largest absolute Gasteiger partial charge is 0.248 e. The van der Waals surface area contributed by atoms with E-state index in [-0.39, 0.29) is 18.3 Å². The zero-order valence-electron chi connectivity index (χ0n) is 6.58. The molecule has 0 aromatic rings. The third-order valence-electron chi connectivity index (χ3n) is 2.63. The van der Waals surface area contributed by atoms with Crippen LogP contribution in [0.2, 0.25) is 0 Å². The lowest BCUT2D eigenvalue weighted by molar-refractivity contribution is -0.00248. The average Bonchev–Trinajstić information content (AvgIpc) is 2.08. The highest BCUT2D eigenvalue weighted by molar-refractivity contribution is 4.89. The number of alkyl halides is 2. The van der Waals surface area contributed by atoms with Gasteiger partial charge >= 0.3 is 0 Å². The average molecular weight is 148 g/mol. The molecular weight excluding hydrogens is 134 g/mol. The maximum Gasteiger partial charge on any atom is 0.248 e. The Morgan fingerprint density at radius 3 is 2.10 bits per heavy atom. The molecule has 1 atom stereocenters. The molecule has 0 aliphatic heterocycles. The van der Waals surface area contributed by atoms with Gasteiger partial charge < -0.3 is 0 Å². The van der Waals surface area contributed by atoms with Gasteiger partial charge in [0.25, 0.3) is 0 Å². The minimum absolute atomic E-state index is 0.0799.